The molecule has 0 unspecified atom stereocenters. The lowest BCUT2D eigenvalue weighted by Gasteiger charge is -2.05. The first-order valence-electron chi connectivity index (χ1n) is 5.17. The molecule has 2 amide bonds. The summed E-state index contributed by atoms with van der Waals surface area (Å²) in [5.74, 6) is -0.275. The van der Waals surface area contributed by atoms with Crippen molar-refractivity contribution in [3.05, 3.63) is 0 Å². The molecule has 1 rings (SSSR count). The zero-order valence-corrected chi connectivity index (χ0v) is 9.69. The number of nitrogens with zero attached hydrogens (tertiary/aromatic N) is 2. The molecule has 1 heterocycles. The van der Waals surface area contributed by atoms with Gasteiger partial charge in [-0.05, 0) is 33.5 Å². The SMILES string of the molecule is CCCN(C)C.O=C(O)N1CCCC1=O. The quantitative estimate of drug-likeness (QED) is 0.754. The number of carbonyl (C=O) groups is 2. The number of likely N-dealkylation sites (tertiary alicyclic amines) is 1. The van der Waals surface area contributed by atoms with Crippen LogP contribution in [0, 0.1) is 0 Å². The second-order valence-electron chi connectivity index (χ2n) is 3.73. The fourth-order valence-corrected chi connectivity index (χ4v) is 1.30. The molecule has 0 aromatic heterocycles. The Balaban J connectivity index is 0.000000288. The Labute approximate surface area is 90.7 Å². The molecule has 0 aromatic carbocycles. The highest BCUT2D eigenvalue weighted by atomic mass is 16.4. The van der Waals surface area contributed by atoms with Gasteiger partial charge >= 0.3 is 6.09 Å². The molecule has 0 bridgehead atoms. The maximum Gasteiger partial charge on any atom is 0.414 e. The second kappa shape index (κ2) is 7.23. The minimum atomic E-state index is -1.13. The summed E-state index contributed by atoms with van der Waals surface area (Å²) in [5.41, 5.74) is 0. The highest BCUT2D eigenvalue weighted by molar-refractivity contribution is 5.92. The number of amides is 2. The molecule has 1 aliphatic heterocycles. The van der Waals surface area contributed by atoms with Gasteiger partial charge in [-0.3, -0.25) is 4.79 Å². The van der Waals surface area contributed by atoms with E-state index in [0.29, 0.717) is 19.4 Å². The number of carbonyl (C=O) groups excluding carboxylic acids is 1. The third-order valence-electron chi connectivity index (χ3n) is 1.98. The van der Waals surface area contributed by atoms with Gasteiger partial charge in [0.15, 0.2) is 0 Å². The van der Waals surface area contributed by atoms with Crippen LogP contribution in [-0.4, -0.2) is 54.1 Å². The van der Waals surface area contributed by atoms with Crippen LogP contribution in [0.1, 0.15) is 26.2 Å². The summed E-state index contributed by atoms with van der Waals surface area (Å²) >= 11 is 0. The first kappa shape index (κ1) is 13.9. The van der Waals surface area contributed by atoms with Crippen molar-refractivity contribution < 1.29 is 14.7 Å². The van der Waals surface area contributed by atoms with E-state index in [4.69, 9.17) is 5.11 Å². The summed E-state index contributed by atoms with van der Waals surface area (Å²) in [6.45, 7) is 3.76. The van der Waals surface area contributed by atoms with E-state index in [1.807, 2.05) is 0 Å². The minimum absolute atomic E-state index is 0.275. The summed E-state index contributed by atoms with van der Waals surface area (Å²) in [6, 6.07) is 0. The number of rotatable bonds is 2. The average Bonchev–Trinajstić information content (AvgIpc) is 2.52. The first-order chi connectivity index (χ1) is 6.99. The predicted octanol–water partition coefficient (Wildman–Crippen LogP) is 1.24. The molecule has 5 nitrogen and oxygen atoms in total. The molecule has 1 aliphatic rings. The Morgan fingerprint density at radius 1 is 1.53 bits per heavy atom. The molecule has 88 valence electrons. The molecule has 1 saturated heterocycles. The smallest absolute Gasteiger partial charge is 0.414 e. The van der Waals surface area contributed by atoms with Crippen LogP contribution < -0.4 is 0 Å². The number of carboxylic acid groups (broad SMARTS) is 1. The molecular formula is C10H20N2O3. The van der Waals surface area contributed by atoms with Gasteiger partial charge in [0.05, 0.1) is 0 Å². The van der Waals surface area contributed by atoms with Crippen LogP contribution in [0.2, 0.25) is 0 Å². The summed E-state index contributed by atoms with van der Waals surface area (Å²) in [7, 11) is 4.17. The topological polar surface area (TPSA) is 60.9 Å². The fraction of sp³-hybridized carbons (Fsp3) is 0.800. The monoisotopic (exact) mass is 216 g/mol. The third-order valence-corrected chi connectivity index (χ3v) is 1.98. The van der Waals surface area contributed by atoms with E-state index in [0.717, 1.165) is 4.90 Å². The van der Waals surface area contributed by atoms with Gasteiger partial charge < -0.3 is 10.0 Å². The predicted molar refractivity (Wildman–Crippen MR) is 57.8 cm³/mol. The zero-order valence-electron chi connectivity index (χ0n) is 9.69. The van der Waals surface area contributed by atoms with Crippen LogP contribution in [0.15, 0.2) is 0 Å². The maximum atomic E-state index is 10.6. The van der Waals surface area contributed by atoms with Crippen molar-refractivity contribution in [2.45, 2.75) is 26.2 Å². The third kappa shape index (κ3) is 6.06. The van der Waals surface area contributed by atoms with Crippen molar-refractivity contribution in [2.24, 2.45) is 0 Å². The normalized spacial score (nSPS) is 15.2. The zero-order chi connectivity index (χ0) is 11.8. The van der Waals surface area contributed by atoms with E-state index in [1.54, 1.807) is 0 Å². The molecule has 0 aliphatic carbocycles. The highest BCUT2D eigenvalue weighted by Crippen LogP contribution is 2.08. The Hall–Kier alpha value is -1.10. The second-order valence-corrected chi connectivity index (χ2v) is 3.73. The molecule has 0 aromatic rings. The summed E-state index contributed by atoms with van der Waals surface area (Å²) < 4.78 is 0. The average molecular weight is 216 g/mol. The largest absolute Gasteiger partial charge is 0.465 e. The Kier molecular flexibility index (Phi) is 6.70. The molecule has 0 spiro atoms. The van der Waals surface area contributed by atoms with E-state index in [1.165, 1.54) is 13.0 Å². The van der Waals surface area contributed by atoms with Crippen LogP contribution in [0.5, 0.6) is 0 Å². The van der Waals surface area contributed by atoms with E-state index in [9.17, 15) is 9.59 Å². The van der Waals surface area contributed by atoms with Crippen molar-refractivity contribution in [3.8, 4) is 0 Å². The van der Waals surface area contributed by atoms with Gasteiger partial charge in [0.25, 0.3) is 0 Å². The van der Waals surface area contributed by atoms with Crippen molar-refractivity contribution >= 4 is 12.0 Å². The molecule has 5 heteroatoms. The van der Waals surface area contributed by atoms with Crippen LogP contribution in [0.3, 0.4) is 0 Å². The van der Waals surface area contributed by atoms with Crippen LogP contribution >= 0.6 is 0 Å². The molecule has 0 saturated carbocycles. The molecule has 1 N–H and O–H groups in total. The number of imide groups is 1. The molecule has 0 atom stereocenters. The molecule has 15 heavy (non-hydrogen) atoms. The van der Waals surface area contributed by atoms with Gasteiger partial charge in [-0.1, -0.05) is 6.92 Å². The Morgan fingerprint density at radius 3 is 2.27 bits per heavy atom. The summed E-state index contributed by atoms with van der Waals surface area (Å²) in [5, 5.41) is 8.29. The lowest BCUT2D eigenvalue weighted by atomic mass is 10.4. The lowest BCUT2D eigenvalue weighted by Crippen LogP contribution is -2.29. The van der Waals surface area contributed by atoms with E-state index in [-0.39, 0.29) is 5.91 Å². The van der Waals surface area contributed by atoms with E-state index < -0.39 is 6.09 Å². The van der Waals surface area contributed by atoms with Crippen LogP contribution in [-0.2, 0) is 4.79 Å². The van der Waals surface area contributed by atoms with Crippen LogP contribution in [0.4, 0.5) is 4.79 Å². The van der Waals surface area contributed by atoms with Crippen LogP contribution in [0.25, 0.3) is 0 Å². The number of hydrogen-bond donors (Lipinski definition) is 1. The Morgan fingerprint density at radius 2 is 2.13 bits per heavy atom. The maximum absolute atomic E-state index is 10.6. The van der Waals surface area contributed by atoms with Crippen molar-refractivity contribution in [3.63, 3.8) is 0 Å². The minimum Gasteiger partial charge on any atom is -0.465 e. The van der Waals surface area contributed by atoms with Gasteiger partial charge in [-0.25, -0.2) is 9.69 Å². The summed E-state index contributed by atoms with van der Waals surface area (Å²) in [6.07, 6.45) is 1.18. The van der Waals surface area contributed by atoms with E-state index in [2.05, 4.69) is 25.9 Å². The van der Waals surface area contributed by atoms with E-state index >= 15 is 0 Å². The van der Waals surface area contributed by atoms with Crippen molar-refractivity contribution in [1.82, 2.24) is 9.80 Å². The summed E-state index contributed by atoms with van der Waals surface area (Å²) in [4.78, 5) is 23.7. The molecule has 1 fully saturated rings. The van der Waals surface area contributed by atoms with Gasteiger partial charge in [0.1, 0.15) is 0 Å². The lowest BCUT2D eigenvalue weighted by molar-refractivity contribution is -0.125. The fourth-order valence-electron chi connectivity index (χ4n) is 1.30. The highest BCUT2D eigenvalue weighted by Gasteiger charge is 2.25. The Bertz CT molecular complexity index is 217. The molecular weight excluding hydrogens is 196 g/mol. The standard InChI is InChI=1S/C5H7NO3.C5H13N/c7-4-2-1-3-6(4)5(8)9;1-4-5-6(2)3/h1-3H2,(H,8,9);4-5H2,1-3H3. The van der Waals surface area contributed by atoms with Gasteiger partial charge in [-0.2, -0.15) is 0 Å². The number of hydrogen-bond acceptors (Lipinski definition) is 3. The molecule has 0 radical (unpaired) electrons. The van der Waals surface area contributed by atoms with Crippen molar-refractivity contribution in [2.75, 3.05) is 27.2 Å². The van der Waals surface area contributed by atoms with Crippen molar-refractivity contribution in [1.29, 1.82) is 0 Å². The van der Waals surface area contributed by atoms with Gasteiger partial charge in [0.2, 0.25) is 5.91 Å². The first-order valence-corrected chi connectivity index (χ1v) is 5.17. The van der Waals surface area contributed by atoms with Gasteiger partial charge in [-0.15, -0.1) is 0 Å². The van der Waals surface area contributed by atoms with Gasteiger partial charge in [0, 0.05) is 13.0 Å².